The van der Waals surface area contributed by atoms with E-state index in [0.29, 0.717) is 23.2 Å². The number of nitrogens with zero attached hydrogens (tertiary/aromatic N) is 1. The Balaban J connectivity index is 1.79. The van der Waals surface area contributed by atoms with Crippen molar-refractivity contribution in [2.75, 3.05) is 19.6 Å². The molecule has 0 radical (unpaired) electrons. The minimum Gasteiger partial charge on any atom is -0.351 e. The highest BCUT2D eigenvalue weighted by Gasteiger charge is 2.20. The summed E-state index contributed by atoms with van der Waals surface area (Å²) in [7, 11) is 0. The Morgan fingerprint density at radius 1 is 1.45 bits per heavy atom. The zero-order chi connectivity index (χ0) is 14.4. The smallest absolute Gasteiger partial charge is 0.251 e. The third-order valence-electron chi connectivity index (χ3n) is 3.99. The summed E-state index contributed by atoms with van der Waals surface area (Å²) < 4.78 is 0. The minimum atomic E-state index is -0.0439. The Hall–Kier alpha value is -1.06. The molecule has 1 aliphatic rings. The van der Waals surface area contributed by atoms with Gasteiger partial charge < -0.3 is 5.32 Å². The zero-order valence-electron chi connectivity index (χ0n) is 12.1. The van der Waals surface area contributed by atoms with Crippen molar-refractivity contribution in [3.63, 3.8) is 0 Å². The molecule has 3 nitrogen and oxygen atoms in total. The lowest BCUT2D eigenvalue weighted by molar-refractivity contribution is 0.0934. The molecule has 0 spiro atoms. The summed E-state index contributed by atoms with van der Waals surface area (Å²) in [5.41, 5.74) is 0.628. The number of benzene rings is 1. The van der Waals surface area contributed by atoms with Crippen LogP contribution in [0.3, 0.4) is 0 Å². The monoisotopic (exact) mass is 294 g/mol. The first-order valence-corrected chi connectivity index (χ1v) is 7.86. The Bertz CT molecular complexity index is 450. The van der Waals surface area contributed by atoms with Crippen molar-refractivity contribution in [2.45, 2.75) is 38.6 Å². The third kappa shape index (κ3) is 4.22. The molecule has 0 aromatic heterocycles. The molecule has 0 saturated carbocycles. The lowest BCUT2D eigenvalue weighted by Crippen LogP contribution is -2.43. The number of rotatable bonds is 5. The van der Waals surface area contributed by atoms with Crippen molar-refractivity contribution >= 4 is 17.5 Å². The van der Waals surface area contributed by atoms with Gasteiger partial charge in [-0.05, 0) is 44.0 Å². The highest BCUT2D eigenvalue weighted by atomic mass is 35.5. The summed E-state index contributed by atoms with van der Waals surface area (Å²) in [6.07, 6.45) is 5.10. The fourth-order valence-corrected chi connectivity index (χ4v) is 3.05. The molecule has 1 fully saturated rings. The maximum absolute atomic E-state index is 12.0. The first kappa shape index (κ1) is 15.3. The number of nitrogens with one attached hydrogen (secondary N) is 1. The fraction of sp³-hybridized carbons (Fsp3) is 0.562. The van der Waals surface area contributed by atoms with E-state index in [1.165, 1.54) is 25.7 Å². The number of amides is 1. The van der Waals surface area contributed by atoms with Crippen LogP contribution in [0.25, 0.3) is 0 Å². The number of halogens is 1. The maximum atomic E-state index is 12.0. The Labute approximate surface area is 126 Å². The summed E-state index contributed by atoms with van der Waals surface area (Å²) in [4.78, 5) is 14.5. The number of carbonyl (C=O) groups excluding carboxylic acids is 1. The lowest BCUT2D eigenvalue weighted by Gasteiger charge is -2.35. The molecule has 1 N–H and O–H groups in total. The number of piperidine rings is 1. The van der Waals surface area contributed by atoms with Crippen LogP contribution in [0.1, 0.15) is 43.0 Å². The average Bonchev–Trinajstić information content (AvgIpc) is 2.47. The van der Waals surface area contributed by atoms with Crippen LogP contribution in [0.5, 0.6) is 0 Å². The van der Waals surface area contributed by atoms with Gasteiger partial charge in [-0.3, -0.25) is 9.69 Å². The quantitative estimate of drug-likeness (QED) is 0.903. The van der Waals surface area contributed by atoms with Crippen molar-refractivity contribution in [1.29, 1.82) is 0 Å². The Morgan fingerprint density at radius 3 is 3.05 bits per heavy atom. The van der Waals surface area contributed by atoms with E-state index >= 15 is 0 Å². The van der Waals surface area contributed by atoms with E-state index in [1.54, 1.807) is 24.3 Å². The van der Waals surface area contributed by atoms with Gasteiger partial charge in [0, 0.05) is 29.7 Å². The van der Waals surface area contributed by atoms with E-state index in [2.05, 4.69) is 17.1 Å². The summed E-state index contributed by atoms with van der Waals surface area (Å²) >= 11 is 5.89. The molecule has 2 rings (SSSR count). The molecule has 1 saturated heterocycles. The van der Waals surface area contributed by atoms with E-state index in [1.807, 2.05) is 0 Å². The van der Waals surface area contributed by atoms with E-state index < -0.39 is 0 Å². The third-order valence-corrected chi connectivity index (χ3v) is 4.23. The average molecular weight is 295 g/mol. The molecule has 0 aliphatic carbocycles. The predicted octanol–water partition coefficient (Wildman–Crippen LogP) is 3.33. The summed E-state index contributed by atoms with van der Waals surface area (Å²) in [6.45, 7) is 5.03. The molecular formula is C16H23ClN2O. The van der Waals surface area contributed by atoms with Crippen molar-refractivity contribution in [3.05, 3.63) is 34.9 Å². The van der Waals surface area contributed by atoms with E-state index in [4.69, 9.17) is 11.6 Å². The normalized spacial score (nSPS) is 19.8. The van der Waals surface area contributed by atoms with Crippen LogP contribution in [0.15, 0.2) is 24.3 Å². The Morgan fingerprint density at radius 2 is 2.30 bits per heavy atom. The van der Waals surface area contributed by atoms with Crippen LogP contribution in [0.2, 0.25) is 5.02 Å². The van der Waals surface area contributed by atoms with Crippen molar-refractivity contribution in [1.82, 2.24) is 10.2 Å². The minimum absolute atomic E-state index is 0.0439. The number of carbonyl (C=O) groups is 1. The van der Waals surface area contributed by atoms with Crippen LogP contribution >= 0.6 is 11.6 Å². The van der Waals surface area contributed by atoms with Gasteiger partial charge in [0.2, 0.25) is 0 Å². The second kappa shape index (κ2) is 7.65. The second-order valence-corrected chi connectivity index (χ2v) is 5.80. The molecule has 110 valence electrons. The van der Waals surface area contributed by atoms with Gasteiger partial charge in [-0.15, -0.1) is 0 Å². The van der Waals surface area contributed by atoms with Gasteiger partial charge in [-0.1, -0.05) is 31.0 Å². The van der Waals surface area contributed by atoms with Gasteiger partial charge in [0.25, 0.3) is 5.91 Å². The van der Waals surface area contributed by atoms with Crippen molar-refractivity contribution in [2.24, 2.45) is 0 Å². The molecule has 1 aromatic carbocycles. The molecule has 1 amide bonds. The zero-order valence-corrected chi connectivity index (χ0v) is 12.8. The van der Waals surface area contributed by atoms with E-state index in [9.17, 15) is 4.79 Å². The van der Waals surface area contributed by atoms with Gasteiger partial charge in [0.1, 0.15) is 0 Å². The van der Waals surface area contributed by atoms with Crippen molar-refractivity contribution < 1.29 is 4.79 Å². The fourth-order valence-electron chi connectivity index (χ4n) is 2.86. The SMILES string of the molecule is CCC1CCCCN1CCNC(=O)c1cccc(Cl)c1. The van der Waals surface area contributed by atoms with Crippen LogP contribution in [0, 0.1) is 0 Å². The van der Waals surface area contributed by atoms with Crippen LogP contribution in [-0.2, 0) is 0 Å². The Kier molecular flexibility index (Phi) is 5.86. The molecular weight excluding hydrogens is 272 g/mol. The molecule has 1 unspecified atom stereocenters. The van der Waals surface area contributed by atoms with Gasteiger partial charge in [0.15, 0.2) is 0 Å². The standard InChI is InChI=1S/C16H23ClN2O/c1-2-15-8-3-4-10-19(15)11-9-18-16(20)13-6-5-7-14(17)12-13/h5-7,12,15H,2-4,8-11H2,1H3,(H,18,20). The molecule has 1 aromatic rings. The maximum Gasteiger partial charge on any atom is 0.251 e. The molecule has 1 heterocycles. The lowest BCUT2D eigenvalue weighted by atomic mass is 10.0. The van der Waals surface area contributed by atoms with E-state index in [0.717, 1.165) is 13.1 Å². The predicted molar refractivity (Wildman–Crippen MR) is 83.3 cm³/mol. The van der Waals surface area contributed by atoms with Gasteiger partial charge in [-0.25, -0.2) is 0 Å². The highest BCUT2D eigenvalue weighted by molar-refractivity contribution is 6.30. The van der Waals surface area contributed by atoms with Gasteiger partial charge >= 0.3 is 0 Å². The molecule has 1 atom stereocenters. The van der Waals surface area contributed by atoms with E-state index in [-0.39, 0.29) is 5.91 Å². The van der Waals surface area contributed by atoms with Gasteiger partial charge in [0.05, 0.1) is 0 Å². The molecule has 1 aliphatic heterocycles. The first-order chi connectivity index (χ1) is 9.70. The second-order valence-electron chi connectivity index (χ2n) is 5.36. The topological polar surface area (TPSA) is 32.3 Å². The highest BCUT2D eigenvalue weighted by Crippen LogP contribution is 2.18. The summed E-state index contributed by atoms with van der Waals surface area (Å²) in [5, 5.41) is 3.58. The number of likely N-dealkylation sites (tertiary alicyclic amines) is 1. The van der Waals surface area contributed by atoms with Crippen LogP contribution in [0.4, 0.5) is 0 Å². The summed E-state index contributed by atoms with van der Waals surface area (Å²) in [5.74, 6) is -0.0439. The van der Waals surface area contributed by atoms with Crippen LogP contribution in [-0.4, -0.2) is 36.5 Å². The first-order valence-electron chi connectivity index (χ1n) is 7.48. The number of hydrogen-bond donors (Lipinski definition) is 1. The molecule has 20 heavy (non-hydrogen) atoms. The number of hydrogen-bond acceptors (Lipinski definition) is 2. The van der Waals surface area contributed by atoms with Crippen LogP contribution < -0.4 is 5.32 Å². The van der Waals surface area contributed by atoms with Gasteiger partial charge in [-0.2, -0.15) is 0 Å². The van der Waals surface area contributed by atoms with Crippen molar-refractivity contribution in [3.8, 4) is 0 Å². The molecule has 4 heteroatoms. The largest absolute Gasteiger partial charge is 0.351 e. The molecule has 0 bridgehead atoms. The summed E-state index contributed by atoms with van der Waals surface area (Å²) in [6, 6.07) is 7.75.